The van der Waals surface area contributed by atoms with Crippen molar-refractivity contribution in [3.8, 4) is 5.75 Å². The third kappa shape index (κ3) is 8.37. The van der Waals surface area contributed by atoms with Gasteiger partial charge in [0.15, 0.2) is 0 Å². The van der Waals surface area contributed by atoms with Gasteiger partial charge in [-0.2, -0.15) is 0 Å². The molecule has 0 aliphatic rings. The standard InChI is InChI=1S/C21H28N6O8/c22-14(5-11-1-3-13(30)4-2-11)18(31)26-16(8-28)20(33)27-17(9-29)19(32)25-15(21(34)35)6-12-7-23-10-24-12/h1-4,7,10,14-17,28-30H,5-6,8-9,22H2,(H,23,24)(H,25,32)(H,26,31)(H,27,33)(H,34,35). The van der Waals surface area contributed by atoms with Gasteiger partial charge < -0.3 is 47.1 Å². The van der Waals surface area contributed by atoms with Crippen LogP contribution in [0.4, 0.5) is 0 Å². The molecule has 0 spiro atoms. The number of hydrogen-bond acceptors (Lipinski definition) is 9. The summed E-state index contributed by atoms with van der Waals surface area (Å²) in [6.07, 6.45) is 2.68. The second kappa shape index (κ2) is 13.0. The molecule has 0 fully saturated rings. The molecule has 14 heteroatoms. The number of nitrogens with zero attached hydrogens (tertiary/aromatic N) is 1. The lowest BCUT2D eigenvalue weighted by atomic mass is 10.1. The lowest BCUT2D eigenvalue weighted by molar-refractivity contribution is -0.142. The monoisotopic (exact) mass is 492 g/mol. The van der Waals surface area contributed by atoms with Crippen LogP contribution in [-0.2, 0) is 32.0 Å². The van der Waals surface area contributed by atoms with Crippen LogP contribution in [0.5, 0.6) is 5.75 Å². The second-order valence-electron chi connectivity index (χ2n) is 7.64. The number of aromatic amines is 1. The Bertz CT molecular complexity index is 998. The van der Waals surface area contributed by atoms with Gasteiger partial charge in [-0.05, 0) is 24.1 Å². The van der Waals surface area contributed by atoms with E-state index in [1.165, 1.54) is 24.7 Å². The number of aliphatic hydroxyl groups excluding tert-OH is 2. The highest BCUT2D eigenvalue weighted by molar-refractivity contribution is 5.94. The first-order valence-corrected chi connectivity index (χ1v) is 10.5. The number of hydrogen-bond donors (Lipinski definition) is 9. The fraction of sp³-hybridized carbons (Fsp3) is 0.381. The topological polar surface area (TPSA) is 240 Å². The van der Waals surface area contributed by atoms with E-state index in [9.17, 15) is 39.6 Å². The van der Waals surface area contributed by atoms with Gasteiger partial charge in [-0.1, -0.05) is 12.1 Å². The van der Waals surface area contributed by atoms with Crippen molar-refractivity contribution < 1.29 is 39.6 Å². The van der Waals surface area contributed by atoms with Gasteiger partial charge in [-0.25, -0.2) is 9.78 Å². The summed E-state index contributed by atoms with van der Waals surface area (Å²) in [4.78, 5) is 55.3. The number of carboxylic acid groups (broad SMARTS) is 1. The number of phenolic OH excluding ortho intramolecular Hbond substituents is 1. The van der Waals surface area contributed by atoms with Gasteiger partial charge in [-0.3, -0.25) is 14.4 Å². The molecule has 10 N–H and O–H groups in total. The summed E-state index contributed by atoms with van der Waals surface area (Å²) in [5, 5.41) is 44.4. The summed E-state index contributed by atoms with van der Waals surface area (Å²) in [6.45, 7) is -1.71. The number of carbonyl (C=O) groups is 4. The molecular formula is C21H28N6O8. The molecule has 0 bridgehead atoms. The number of amides is 3. The highest BCUT2D eigenvalue weighted by Gasteiger charge is 2.30. The molecule has 3 amide bonds. The molecule has 4 atom stereocenters. The molecule has 190 valence electrons. The molecule has 2 aromatic rings. The van der Waals surface area contributed by atoms with Crippen molar-refractivity contribution in [2.75, 3.05) is 13.2 Å². The number of aliphatic hydroxyl groups is 2. The minimum atomic E-state index is -1.55. The Balaban J connectivity index is 1.94. The number of aromatic nitrogens is 2. The van der Waals surface area contributed by atoms with E-state index in [1.54, 1.807) is 12.1 Å². The molecule has 0 aliphatic carbocycles. The number of nitrogens with two attached hydrogens (primary N) is 1. The van der Waals surface area contributed by atoms with Crippen LogP contribution in [0.25, 0.3) is 0 Å². The van der Waals surface area contributed by atoms with E-state index in [4.69, 9.17) is 5.73 Å². The number of aromatic hydroxyl groups is 1. The van der Waals surface area contributed by atoms with Crippen LogP contribution in [0.2, 0.25) is 0 Å². The van der Waals surface area contributed by atoms with Gasteiger partial charge in [0, 0.05) is 18.3 Å². The molecule has 1 heterocycles. The number of benzene rings is 1. The van der Waals surface area contributed by atoms with Crippen LogP contribution in [-0.4, -0.2) is 91.5 Å². The van der Waals surface area contributed by atoms with Crippen LogP contribution in [0.3, 0.4) is 0 Å². The van der Waals surface area contributed by atoms with Crippen molar-refractivity contribution in [1.29, 1.82) is 0 Å². The zero-order valence-corrected chi connectivity index (χ0v) is 18.5. The summed E-state index contributed by atoms with van der Waals surface area (Å²) in [6, 6.07) is 0.484. The first kappa shape index (κ1) is 27.2. The zero-order chi connectivity index (χ0) is 26.0. The molecule has 2 rings (SSSR count). The van der Waals surface area contributed by atoms with Crippen LogP contribution in [0.15, 0.2) is 36.8 Å². The Kier molecular flexibility index (Phi) is 10.1. The van der Waals surface area contributed by atoms with E-state index in [-0.39, 0.29) is 18.6 Å². The Morgan fingerprint density at radius 1 is 0.886 bits per heavy atom. The van der Waals surface area contributed by atoms with Crippen molar-refractivity contribution in [3.63, 3.8) is 0 Å². The van der Waals surface area contributed by atoms with E-state index in [1.807, 2.05) is 0 Å². The zero-order valence-electron chi connectivity index (χ0n) is 18.5. The normalized spacial score (nSPS) is 14.3. The highest BCUT2D eigenvalue weighted by Crippen LogP contribution is 2.11. The van der Waals surface area contributed by atoms with Crippen LogP contribution < -0.4 is 21.7 Å². The number of aliphatic carboxylic acids is 1. The number of carboxylic acids is 1. The number of imidazole rings is 1. The quantitative estimate of drug-likeness (QED) is 0.135. The highest BCUT2D eigenvalue weighted by atomic mass is 16.4. The molecule has 0 aliphatic heterocycles. The molecular weight excluding hydrogens is 464 g/mol. The van der Waals surface area contributed by atoms with Gasteiger partial charge in [0.1, 0.15) is 23.9 Å². The SMILES string of the molecule is NC(Cc1ccc(O)cc1)C(=O)NC(CO)C(=O)NC(CO)C(=O)NC(Cc1cnc[nH]1)C(=O)O. The van der Waals surface area contributed by atoms with E-state index < -0.39 is 61.1 Å². The van der Waals surface area contributed by atoms with E-state index in [0.717, 1.165) is 0 Å². The third-order valence-corrected chi connectivity index (χ3v) is 4.95. The maximum Gasteiger partial charge on any atom is 0.326 e. The summed E-state index contributed by atoms with van der Waals surface area (Å²) in [7, 11) is 0. The maximum absolute atomic E-state index is 12.5. The number of nitrogens with one attached hydrogen (secondary N) is 4. The average molecular weight is 492 g/mol. The minimum Gasteiger partial charge on any atom is -0.508 e. The molecule has 0 saturated carbocycles. The van der Waals surface area contributed by atoms with Gasteiger partial charge >= 0.3 is 5.97 Å². The van der Waals surface area contributed by atoms with Gasteiger partial charge in [0.05, 0.1) is 25.6 Å². The molecule has 14 nitrogen and oxygen atoms in total. The van der Waals surface area contributed by atoms with Gasteiger partial charge in [-0.15, -0.1) is 0 Å². The molecule has 1 aromatic heterocycles. The van der Waals surface area contributed by atoms with E-state index in [2.05, 4.69) is 25.9 Å². The Labute approximate surface area is 199 Å². The fourth-order valence-electron chi connectivity index (χ4n) is 3.01. The van der Waals surface area contributed by atoms with Crippen LogP contribution in [0, 0.1) is 0 Å². The summed E-state index contributed by atoms with van der Waals surface area (Å²) in [5.74, 6) is -4.05. The Morgan fingerprint density at radius 2 is 1.43 bits per heavy atom. The van der Waals surface area contributed by atoms with Crippen molar-refractivity contribution >= 4 is 23.7 Å². The third-order valence-electron chi connectivity index (χ3n) is 4.95. The number of rotatable bonds is 13. The lowest BCUT2D eigenvalue weighted by Gasteiger charge is -2.23. The van der Waals surface area contributed by atoms with Crippen molar-refractivity contribution in [3.05, 3.63) is 48.0 Å². The van der Waals surface area contributed by atoms with Crippen LogP contribution >= 0.6 is 0 Å². The van der Waals surface area contributed by atoms with Gasteiger partial charge in [0.2, 0.25) is 17.7 Å². The number of H-pyrrole nitrogens is 1. The summed E-state index contributed by atoms with van der Waals surface area (Å²) in [5.41, 5.74) is 6.94. The van der Waals surface area contributed by atoms with Crippen molar-refractivity contribution in [2.24, 2.45) is 5.73 Å². The largest absolute Gasteiger partial charge is 0.508 e. The second-order valence-corrected chi connectivity index (χ2v) is 7.64. The lowest BCUT2D eigenvalue weighted by Crippen LogP contribution is -2.59. The predicted octanol–water partition coefficient (Wildman–Crippen LogP) is -3.25. The number of carbonyl (C=O) groups excluding carboxylic acids is 3. The smallest absolute Gasteiger partial charge is 0.326 e. The molecule has 35 heavy (non-hydrogen) atoms. The number of phenols is 1. The predicted molar refractivity (Wildman–Crippen MR) is 120 cm³/mol. The molecule has 0 radical (unpaired) electrons. The molecule has 0 saturated heterocycles. The summed E-state index contributed by atoms with van der Waals surface area (Å²) < 4.78 is 0. The van der Waals surface area contributed by atoms with Crippen molar-refractivity contribution in [1.82, 2.24) is 25.9 Å². The fourth-order valence-corrected chi connectivity index (χ4v) is 3.01. The maximum atomic E-state index is 12.5. The first-order valence-electron chi connectivity index (χ1n) is 10.5. The Morgan fingerprint density at radius 3 is 1.91 bits per heavy atom. The average Bonchev–Trinajstić information content (AvgIpc) is 3.34. The first-order chi connectivity index (χ1) is 16.6. The van der Waals surface area contributed by atoms with E-state index in [0.29, 0.717) is 11.3 Å². The Hall–Kier alpha value is -4.01. The summed E-state index contributed by atoms with van der Waals surface area (Å²) >= 11 is 0. The van der Waals surface area contributed by atoms with Gasteiger partial charge in [0.25, 0.3) is 0 Å². The minimum absolute atomic E-state index is 0.0437. The molecule has 1 aromatic carbocycles. The molecule has 4 unspecified atom stereocenters. The van der Waals surface area contributed by atoms with Crippen molar-refractivity contribution in [2.45, 2.75) is 37.0 Å². The van der Waals surface area contributed by atoms with Crippen LogP contribution in [0.1, 0.15) is 11.3 Å². The van der Waals surface area contributed by atoms with E-state index >= 15 is 0 Å².